The molecule has 0 aliphatic heterocycles. The number of thioether (sulfide) groups is 1. The van der Waals surface area contributed by atoms with Crippen molar-refractivity contribution in [2.45, 2.75) is 26.0 Å². The number of ether oxygens (including phenoxy) is 1. The Morgan fingerprint density at radius 2 is 1.85 bits per heavy atom. The number of carbonyl (C=O) groups excluding carboxylic acids is 1. The Kier molecular flexibility index (Phi) is 8.13. The van der Waals surface area contributed by atoms with Gasteiger partial charge >= 0.3 is 0 Å². The summed E-state index contributed by atoms with van der Waals surface area (Å²) in [5.74, 6) is 0.515. The molecule has 0 aromatic heterocycles. The van der Waals surface area contributed by atoms with Gasteiger partial charge in [0.2, 0.25) is 5.91 Å². The highest BCUT2D eigenvalue weighted by atomic mass is 32.2. The van der Waals surface area contributed by atoms with Crippen molar-refractivity contribution in [3.05, 3.63) is 59.7 Å². The first kappa shape index (κ1) is 21.3. The van der Waals surface area contributed by atoms with E-state index in [2.05, 4.69) is 24.1 Å². The number of hydrogen-bond donors (Lipinski definition) is 1. The molecule has 1 amide bonds. The van der Waals surface area contributed by atoms with Crippen LogP contribution in [-0.4, -0.2) is 35.3 Å². The smallest absolute Gasteiger partial charge is 0.242 e. The maximum absolute atomic E-state index is 13.2. The van der Waals surface area contributed by atoms with Gasteiger partial charge in [-0.15, -0.1) is 0 Å². The highest BCUT2D eigenvalue weighted by Gasteiger charge is 2.25. The van der Waals surface area contributed by atoms with Crippen LogP contribution in [0.2, 0.25) is 0 Å². The molecular formula is C21H26N2O2S2. The third-order valence-electron chi connectivity index (χ3n) is 4.19. The average molecular weight is 403 g/mol. The molecule has 2 rings (SSSR count). The van der Waals surface area contributed by atoms with Gasteiger partial charge in [0.15, 0.2) is 0 Å². The van der Waals surface area contributed by atoms with E-state index in [0.29, 0.717) is 11.4 Å². The fourth-order valence-electron chi connectivity index (χ4n) is 2.68. The molecule has 0 unspecified atom stereocenters. The molecule has 144 valence electrons. The molecule has 0 heterocycles. The molecule has 6 heteroatoms. The van der Waals surface area contributed by atoms with Crippen LogP contribution in [0.15, 0.2) is 48.5 Å². The lowest BCUT2D eigenvalue weighted by Crippen LogP contribution is -2.29. The fourth-order valence-corrected chi connectivity index (χ4v) is 4.29. The molecule has 2 aromatic carbocycles. The van der Waals surface area contributed by atoms with Gasteiger partial charge in [-0.3, -0.25) is 4.79 Å². The van der Waals surface area contributed by atoms with Crippen molar-refractivity contribution in [3.8, 4) is 5.75 Å². The van der Waals surface area contributed by atoms with Crippen molar-refractivity contribution in [2.24, 2.45) is 0 Å². The largest absolute Gasteiger partial charge is 0.495 e. The summed E-state index contributed by atoms with van der Waals surface area (Å²) in [6, 6.07) is 15.4. The molecule has 0 aliphatic rings. The second kappa shape index (κ2) is 10.3. The van der Waals surface area contributed by atoms with Crippen LogP contribution in [0.3, 0.4) is 0 Å². The number of methoxy groups -OCH3 is 1. The number of thiocarbonyl (C=S) groups is 1. The van der Waals surface area contributed by atoms with Crippen molar-refractivity contribution in [2.75, 3.05) is 25.5 Å². The average Bonchev–Trinajstić information content (AvgIpc) is 2.68. The minimum Gasteiger partial charge on any atom is -0.495 e. The molecular weight excluding hydrogens is 376 g/mol. The predicted molar refractivity (Wildman–Crippen MR) is 119 cm³/mol. The first-order chi connectivity index (χ1) is 13.0. The lowest BCUT2D eigenvalue weighted by molar-refractivity contribution is -0.115. The number of amides is 1. The van der Waals surface area contributed by atoms with Crippen molar-refractivity contribution < 1.29 is 9.53 Å². The standard InChI is InChI=1S/C21H26N2O2S2/c1-5-23(6-2)21(26)27-19(16-10-8-7-9-11-16)20(24)22-17-14-15(3)12-13-18(17)25-4/h7-14,19H,5-6H2,1-4H3,(H,22,24)/t19-/m0/s1. The summed E-state index contributed by atoms with van der Waals surface area (Å²) >= 11 is 6.99. The minimum atomic E-state index is -0.440. The van der Waals surface area contributed by atoms with Crippen LogP contribution in [0.4, 0.5) is 5.69 Å². The Hall–Kier alpha value is -2.05. The monoisotopic (exact) mass is 402 g/mol. The van der Waals surface area contributed by atoms with E-state index in [9.17, 15) is 4.79 Å². The molecule has 0 saturated carbocycles. The number of aryl methyl sites for hydroxylation is 1. The zero-order valence-corrected chi connectivity index (χ0v) is 17.8. The highest BCUT2D eigenvalue weighted by molar-refractivity contribution is 8.23. The van der Waals surface area contributed by atoms with E-state index in [-0.39, 0.29) is 5.91 Å². The van der Waals surface area contributed by atoms with E-state index in [4.69, 9.17) is 17.0 Å². The summed E-state index contributed by atoms with van der Waals surface area (Å²) in [5.41, 5.74) is 2.63. The first-order valence-corrected chi connectivity index (χ1v) is 10.2. The number of rotatable bonds is 7. The van der Waals surface area contributed by atoms with E-state index in [1.165, 1.54) is 11.8 Å². The molecule has 27 heavy (non-hydrogen) atoms. The Balaban J connectivity index is 2.29. The molecule has 0 aliphatic carbocycles. The zero-order valence-electron chi connectivity index (χ0n) is 16.2. The van der Waals surface area contributed by atoms with Crippen LogP contribution in [-0.2, 0) is 4.79 Å². The van der Waals surface area contributed by atoms with Crippen LogP contribution in [0, 0.1) is 6.92 Å². The second-order valence-corrected chi connectivity index (χ2v) is 7.78. The van der Waals surface area contributed by atoms with Crippen molar-refractivity contribution >= 4 is 39.9 Å². The molecule has 1 N–H and O–H groups in total. The third kappa shape index (κ3) is 5.71. The molecule has 0 radical (unpaired) electrons. The van der Waals surface area contributed by atoms with Crippen LogP contribution in [0.1, 0.15) is 30.2 Å². The van der Waals surface area contributed by atoms with Gasteiger partial charge in [0.25, 0.3) is 0 Å². The van der Waals surface area contributed by atoms with Gasteiger partial charge in [-0.25, -0.2) is 0 Å². The summed E-state index contributed by atoms with van der Waals surface area (Å²) in [7, 11) is 1.60. The number of nitrogens with one attached hydrogen (secondary N) is 1. The molecule has 1 atom stereocenters. The molecule has 2 aromatic rings. The van der Waals surface area contributed by atoms with Crippen LogP contribution >= 0.6 is 24.0 Å². The number of anilines is 1. The Bertz CT molecular complexity index is 777. The van der Waals surface area contributed by atoms with Crippen molar-refractivity contribution in [1.29, 1.82) is 0 Å². The number of nitrogens with zero attached hydrogens (tertiary/aromatic N) is 1. The normalized spacial score (nSPS) is 11.6. The Morgan fingerprint density at radius 1 is 1.19 bits per heavy atom. The van der Waals surface area contributed by atoms with Gasteiger partial charge in [0.1, 0.15) is 15.3 Å². The number of carbonyl (C=O) groups is 1. The molecule has 0 saturated heterocycles. The third-order valence-corrected chi connectivity index (χ3v) is 5.92. The van der Waals surface area contributed by atoms with Gasteiger partial charge in [-0.05, 0) is 44.0 Å². The lowest BCUT2D eigenvalue weighted by Gasteiger charge is -2.25. The van der Waals surface area contributed by atoms with E-state index in [0.717, 1.165) is 28.5 Å². The maximum atomic E-state index is 13.2. The van der Waals surface area contributed by atoms with Crippen molar-refractivity contribution in [1.82, 2.24) is 4.90 Å². The lowest BCUT2D eigenvalue weighted by atomic mass is 10.1. The summed E-state index contributed by atoms with van der Waals surface area (Å²) in [6.07, 6.45) is 0. The Labute approximate surface area is 171 Å². The zero-order chi connectivity index (χ0) is 19.8. The fraction of sp³-hybridized carbons (Fsp3) is 0.333. The highest BCUT2D eigenvalue weighted by Crippen LogP contribution is 2.34. The van der Waals surface area contributed by atoms with Gasteiger partial charge in [-0.1, -0.05) is 60.4 Å². The van der Waals surface area contributed by atoms with Crippen LogP contribution in [0.25, 0.3) is 0 Å². The summed E-state index contributed by atoms with van der Waals surface area (Å²) in [4.78, 5) is 15.2. The SMILES string of the molecule is CCN(CC)C(=S)S[C@H](C(=O)Nc1cc(C)ccc1OC)c1ccccc1. The van der Waals surface area contributed by atoms with E-state index < -0.39 is 5.25 Å². The van der Waals surface area contributed by atoms with Crippen LogP contribution < -0.4 is 10.1 Å². The van der Waals surface area contributed by atoms with Gasteiger partial charge in [-0.2, -0.15) is 0 Å². The van der Waals surface area contributed by atoms with Crippen molar-refractivity contribution in [3.63, 3.8) is 0 Å². The van der Waals surface area contributed by atoms with E-state index in [1.807, 2.05) is 55.5 Å². The second-order valence-electron chi connectivity index (χ2n) is 6.04. The summed E-state index contributed by atoms with van der Waals surface area (Å²) < 4.78 is 6.11. The maximum Gasteiger partial charge on any atom is 0.242 e. The predicted octanol–water partition coefficient (Wildman–Crippen LogP) is 5.04. The van der Waals surface area contributed by atoms with Gasteiger partial charge in [0.05, 0.1) is 12.8 Å². The summed E-state index contributed by atoms with van der Waals surface area (Å²) in [5, 5.41) is 2.58. The molecule has 0 spiro atoms. The molecule has 0 bridgehead atoms. The number of benzene rings is 2. The van der Waals surface area contributed by atoms with E-state index in [1.54, 1.807) is 7.11 Å². The minimum absolute atomic E-state index is 0.121. The first-order valence-electron chi connectivity index (χ1n) is 8.96. The molecule has 0 fully saturated rings. The molecule has 4 nitrogen and oxygen atoms in total. The summed E-state index contributed by atoms with van der Waals surface area (Å²) in [6.45, 7) is 7.74. The number of hydrogen-bond acceptors (Lipinski definition) is 4. The van der Waals surface area contributed by atoms with Crippen LogP contribution in [0.5, 0.6) is 5.75 Å². The topological polar surface area (TPSA) is 41.6 Å². The Morgan fingerprint density at radius 3 is 2.44 bits per heavy atom. The quantitative estimate of drug-likeness (QED) is 0.657. The van der Waals surface area contributed by atoms with Gasteiger partial charge < -0.3 is 15.0 Å². The van der Waals surface area contributed by atoms with E-state index >= 15 is 0 Å². The van der Waals surface area contributed by atoms with Gasteiger partial charge in [0, 0.05) is 13.1 Å².